The van der Waals surface area contributed by atoms with Crippen molar-refractivity contribution in [2.45, 2.75) is 18.9 Å². The van der Waals surface area contributed by atoms with E-state index in [1.165, 1.54) is 24.3 Å². The number of rotatable bonds is 6. The van der Waals surface area contributed by atoms with Crippen LogP contribution in [0.3, 0.4) is 0 Å². The average molecular weight is 342 g/mol. The van der Waals surface area contributed by atoms with Gasteiger partial charge in [0.15, 0.2) is 0 Å². The van der Waals surface area contributed by atoms with E-state index in [0.717, 1.165) is 19.4 Å². The van der Waals surface area contributed by atoms with Gasteiger partial charge in [0, 0.05) is 30.0 Å². The topological polar surface area (TPSA) is 90.7 Å². The van der Waals surface area contributed by atoms with Gasteiger partial charge in [-0.3, -0.25) is 14.9 Å². The van der Waals surface area contributed by atoms with Gasteiger partial charge in [-0.2, -0.15) is 0 Å². The maximum Gasteiger partial charge on any atom is 0.269 e. The molecule has 25 heavy (non-hydrogen) atoms. The minimum absolute atomic E-state index is 0.0225. The van der Waals surface area contributed by atoms with Crippen LogP contribution in [0.5, 0.6) is 5.75 Å². The highest BCUT2D eigenvalue weighted by molar-refractivity contribution is 6.04. The molecule has 0 bridgehead atoms. The first kappa shape index (κ1) is 16.9. The Morgan fingerprint density at radius 2 is 1.92 bits per heavy atom. The summed E-state index contributed by atoms with van der Waals surface area (Å²) in [5, 5.41) is 13.3. The van der Waals surface area contributed by atoms with Crippen molar-refractivity contribution in [1.29, 1.82) is 0 Å². The Labute approximate surface area is 144 Å². The molecule has 3 rings (SSSR count). The van der Waals surface area contributed by atoms with Gasteiger partial charge < -0.3 is 14.8 Å². The third-order valence-electron chi connectivity index (χ3n) is 3.91. The molecular weight excluding hydrogens is 324 g/mol. The van der Waals surface area contributed by atoms with E-state index in [4.69, 9.17) is 9.47 Å². The van der Waals surface area contributed by atoms with E-state index in [2.05, 4.69) is 5.32 Å². The van der Waals surface area contributed by atoms with Crippen molar-refractivity contribution in [2.24, 2.45) is 0 Å². The lowest BCUT2D eigenvalue weighted by Crippen LogP contribution is -2.16. The molecule has 0 aromatic heterocycles. The van der Waals surface area contributed by atoms with E-state index in [9.17, 15) is 14.9 Å². The molecule has 1 aliphatic rings. The Bertz CT molecular complexity index is 737. The second-order valence-electron chi connectivity index (χ2n) is 5.73. The summed E-state index contributed by atoms with van der Waals surface area (Å²) in [5.74, 6) is 0.391. The van der Waals surface area contributed by atoms with Crippen LogP contribution < -0.4 is 10.1 Å². The second-order valence-corrected chi connectivity index (χ2v) is 5.73. The number of nitrogens with zero attached hydrogens (tertiary/aromatic N) is 1. The second kappa shape index (κ2) is 7.76. The summed E-state index contributed by atoms with van der Waals surface area (Å²) < 4.78 is 11.2. The lowest BCUT2D eigenvalue weighted by Gasteiger charge is -2.11. The van der Waals surface area contributed by atoms with Gasteiger partial charge in [0.25, 0.3) is 11.6 Å². The van der Waals surface area contributed by atoms with Crippen LogP contribution in [0.4, 0.5) is 11.4 Å². The summed E-state index contributed by atoms with van der Waals surface area (Å²) in [4.78, 5) is 22.3. The number of non-ortho nitro benzene ring substituents is 1. The molecule has 0 radical (unpaired) electrons. The Hall–Kier alpha value is -2.93. The van der Waals surface area contributed by atoms with Crippen molar-refractivity contribution in [3.63, 3.8) is 0 Å². The molecule has 1 aliphatic heterocycles. The number of benzene rings is 2. The standard InChI is InChI=1S/C18H18N2O5/c21-18(19-14-5-7-15(8-6-14)20(22)23)13-3-9-16(10-4-13)25-12-17-2-1-11-24-17/h3-10,17H,1-2,11-12H2,(H,19,21). The number of nitro benzene ring substituents is 1. The maximum atomic E-state index is 12.2. The van der Waals surface area contributed by atoms with Crippen LogP contribution in [0.1, 0.15) is 23.2 Å². The average Bonchev–Trinajstić information content (AvgIpc) is 3.14. The van der Waals surface area contributed by atoms with E-state index in [1.54, 1.807) is 24.3 Å². The van der Waals surface area contributed by atoms with Crippen LogP contribution in [0.15, 0.2) is 48.5 Å². The first-order chi connectivity index (χ1) is 12.1. The van der Waals surface area contributed by atoms with Gasteiger partial charge in [-0.1, -0.05) is 0 Å². The molecule has 7 nitrogen and oxygen atoms in total. The highest BCUT2D eigenvalue weighted by atomic mass is 16.6. The van der Waals surface area contributed by atoms with Crippen LogP contribution in [0, 0.1) is 10.1 Å². The Kier molecular flexibility index (Phi) is 5.25. The van der Waals surface area contributed by atoms with Gasteiger partial charge in [-0.05, 0) is 49.2 Å². The molecule has 1 fully saturated rings. The lowest BCUT2D eigenvalue weighted by atomic mass is 10.2. The SMILES string of the molecule is O=C(Nc1ccc([N+](=O)[O-])cc1)c1ccc(OCC2CCCO2)cc1. The highest BCUT2D eigenvalue weighted by Crippen LogP contribution is 2.19. The molecular formula is C18H18N2O5. The molecule has 7 heteroatoms. The number of anilines is 1. The number of hydrogen-bond acceptors (Lipinski definition) is 5. The van der Waals surface area contributed by atoms with Crippen LogP contribution in [0.2, 0.25) is 0 Å². The minimum atomic E-state index is -0.485. The predicted molar refractivity (Wildman–Crippen MR) is 92.0 cm³/mol. The van der Waals surface area contributed by atoms with Gasteiger partial charge >= 0.3 is 0 Å². The molecule has 1 amide bonds. The third kappa shape index (κ3) is 4.54. The van der Waals surface area contributed by atoms with E-state index in [-0.39, 0.29) is 17.7 Å². The third-order valence-corrected chi connectivity index (χ3v) is 3.91. The van der Waals surface area contributed by atoms with Gasteiger partial charge in [0.1, 0.15) is 12.4 Å². The fraction of sp³-hybridized carbons (Fsp3) is 0.278. The summed E-state index contributed by atoms with van der Waals surface area (Å²) >= 11 is 0. The van der Waals surface area contributed by atoms with Crippen molar-refractivity contribution >= 4 is 17.3 Å². The Balaban J connectivity index is 1.55. The monoisotopic (exact) mass is 342 g/mol. The number of amides is 1. The van der Waals surface area contributed by atoms with Crippen molar-refractivity contribution < 1.29 is 19.2 Å². The van der Waals surface area contributed by atoms with E-state index < -0.39 is 4.92 Å². The molecule has 1 N–H and O–H groups in total. The molecule has 2 aromatic rings. The summed E-state index contributed by atoms with van der Waals surface area (Å²) in [6, 6.07) is 12.5. The number of ether oxygens (including phenoxy) is 2. The Morgan fingerprint density at radius 3 is 2.52 bits per heavy atom. The summed E-state index contributed by atoms with van der Waals surface area (Å²) in [6.45, 7) is 1.30. The molecule has 1 heterocycles. The molecule has 1 saturated heterocycles. The number of nitro groups is 1. The molecule has 130 valence electrons. The van der Waals surface area contributed by atoms with Crippen molar-refractivity contribution in [2.75, 3.05) is 18.5 Å². The zero-order valence-electron chi connectivity index (χ0n) is 13.5. The lowest BCUT2D eigenvalue weighted by molar-refractivity contribution is -0.384. The molecule has 1 atom stereocenters. The quantitative estimate of drug-likeness (QED) is 0.642. The molecule has 0 saturated carbocycles. The van der Waals surface area contributed by atoms with Crippen LogP contribution in [-0.2, 0) is 4.74 Å². The van der Waals surface area contributed by atoms with Crippen LogP contribution in [0.25, 0.3) is 0 Å². The first-order valence-corrected chi connectivity index (χ1v) is 8.02. The van der Waals surface area contributed by atoms with E-state index in [1.807, 2.05) is 0 Å². The minimum Gasteiger partial charge on any atom is -0.491 e. The summed E-state index contributed by atoms with van der Waals surface area (Å²) in [5.41, 5.74) is 0.947. The maximum absolute atomic E-state index is 12.2. The largest absolute Gasteiger partial charge is 0.491 e. The van der Waals surface area contributed by atoms with Gasteiger partial charge in [0.05, 0.1) is 11.0 Å². The summed E-state index contributed by atoms with van der Waals surface area (Å²) in [7, 11) is 0. The molecule has 1 unspecified atom stereocenters. The van der Waals surface area contributed by atoms with Crippen LogP contribution in [-0.4, -0.2) is 30.1 Å². The molecule has 2 aromatic carbocycles. The van der Waals surface area contributed by atoms with Crippen LogP contribution >= 0.6 is 0 Å². The molecule has 0 aliphatic carbocycles. The van der Waals surface area contributed by atoms with E-state index >= 15 is 0 Å². The number of carbonyl (C=O) groups is 1. The fourth-order valence-corrected chi connectivity index (χ4v) is 2.54. The number of carbonyl (C=O) groups excluding carboxylic acids is 1. The smallest absolute Gasteiger partial charge is 0.269 e. The van der Waals surface area contributed by atoms with Gasteiger partial charge in [0.2, 0.25) is 0 Å². The van der Waals surface area contributed by atoms with E-state index in [0.29, 0.717) is 23.6 Å². The Morgan fingerprint density at radius 1 is 1.20 bits per heavy atom. The zero-order chi connectivity index (χ0) is 17.6. The first-order valence-electron chi connectivity index (χ1n) is 8.02. The number of nitrogens with one attached hydrogen (secondary N) is 1. The highest BCUT2D eigenvalue weighted by Gasteiger charge is 2.16. The summed E-state index contributed by atoms with van der Waals surface area (Å²) in [6.07, 6.45) is 2.22. The number of hydrogen-bond donors (Lipinski definition) is 1. The fourth-order valence-electron chi connectivity index (χ4n) is 2.54. The zero-order valence-corrected chi connectivity index (χ0v) is 13.5. The van der Waals surface area contributed by atoms with Gasteiger partial charge in [-0.25, -0.2) is 0 Å². The molecule has 0 spiro atoms. The predicted octanol–water partition coefficient (Wildman–Crippen LogP) is 3.40. The van der Waals surface area contributed by atoms with Crippen molar-refractivity contribution in [3.8, 4) is 5.75 Å². The van der Waals surface area contributed by atoms with Crippen molar-refractivity contribution in [3.05, 3.63) is 64.2 Å². The normalized spacial score (nSPS) is 16.4. The van der Waals surface area contributed by atoms with Crippen molar-refractivity contribution in [1.82, 2.24) is 0 Å². The van der Waals surface area contributed by atoms with Gasteiger partial charge in [-0.15, -0.1) is 0 Å².